The van der Waals surface area contributed by atoms with Crippen LogP contribution in [0.5, 0.6) is 0 Å². The maximum Gasteiger partial charge on any atom is 0.320 e. The van der Waals surface area contributed by atoms with Crippen molar-refractivity contribution in [3.05, 3.63) is 0 Å². The van der Waals surface area contributed by atoms with Crippen LogP contribution in [0.2, 0.25) is 0 Å². The van der Waals surface area contributed by atoms with Gasteiger partial charge in [0.2, 0.25) is 0 Å². The number of carboxylic acids is 2. The lowest BCUT2D eigenvalue weighted by molar-refractivity contribution is -0.140. The summed E-state index contributed by atoms with van der Waals surface area (Å²) in [5.74, 6) is -1.99. The van der Waals surface area contributed by atoms with Crippen LogP contribution in [0.3, 0.4) is 0 Å². The number of rotatable bonds is 22. The van der Waals surface area contributed by atoms with Gasteiger partial charge in [0.05, 0.1) is 65.4 Å². The van der Waals surface area contributed by atoms with Gasteiger partial charge in [0.15, 0.2) is 5.96 Å². The molecule has 0 fully saturated rings. The van der Waals surface area contributed by atoms with E-state index in [0.29, 0.717) is 65.4 Å². The van der Waals surface area contributed by atoms with Gasteiger partial charge in [-0.3, -0.25) is 20.3 Å². The molecule has 0 aromatic carbocycles. The Balaban J connectivity index is 3.57. The highest BCUT2D eigenvalue weighted by atomic mass is 16.6. The Kier molecular flexibility index (Phi) is 18.6. The monoisotopic (exact) mass is 451 g/mol. The first-order valence-corrected chi connectivity index (χ1v) is 10.2. The summed E-state index contributed by atoms with van der Waals surface area (Å²) >= 11 is 0. The highest BCUT2D eigenvalue weighted by molar-refractivity contribution is 5.74. The average Bonchev–Trinajstić information content (AvgIpc) is 2.69. The van der Waals surface area contributed by atoms with E-state index >= 15 is 0 Å². The molecular weight excluding hydrogens is 414 g/mol. The summed E-state index contributed by atoms with van der Waals surface area (Å²) in [6.07, 6.45) is 1.08. The molecule has 0 spiro atoms. The summed E-state index contributed by atoms with van der Waals surface area (Å²) in [6, 6.07) is -0.780. The average molecular weight is 452 g/mol. The standard InChI is InChI=1S/C18H37N5O8/c19-15(23-14(17(26)27)3-1-2-5-22-18(20)21)13-31-12-11-30-10-9-29-8-7-28-6-4-16(24)25/h14-15,23H,1-13,19H2,(H,24,25)(H,26,27)(H4,20,21,22)/t14-,15?/m0/s1. The molecular formula is C18H37N5O8. The molecule has 13 nitrogen and oxygen atoms in total. The number of hydrogen-bond donors (Lipinski definition) is 7. The highest BCUT2D eigenvalue weighted by Gasteiger charge is 2.19. The SMILES string of the molecule is N=C(N)NCCCC[C@H](NC(N)COCCOCCOCCOCCC(=O)O)C(=O)O. The van der Waals surface area contributed by atoms with E-state index < -0.39 is 24.1 Å². The van der Waals surface area contributed by atoms with Crippen LogP contribution in [-0.4, -0.2) is 99.7 Å². The van der Waals surface area contributed by atoms with Gasteiger partial charge in [-0.15, -0.1) is 0 Å². The van der Waals surface area contributed by atoms with Crippen molar-refractivity contribution in [2.24, 2.45) is 11.5 Å². The third-order valence-corrected chi connectivity index (χ3v) is 3.82. The Hall–Kier alpha value is -2.03. The second-order valence-electron chi connectivity index (χ2n) is 6.56. The predicted octanol–water partition coefficient (Wildman–Crippen LogP) is -1.49. The summed E-state index contributed by atoms with van der Waals surface area (Å²) in [6.45, 7) is 2.92. The maximum absolute atomic E-state index is 11.3. The molecule has 0 saturated carbocycles. The van der Waals surface area contributed by atoms with E-state index in [9.17, 15) is 14.7 Å². The molecule has 0 aliphatic carbocycles. The number of nitrogens with two attached hydrogens (primary N) is 2. The van der Waals surface area contributed by atoms with Gasteiger partial charge in [0.1, 0.15) is 6.04 Å². The number of unbranched alkanes of at least 4 members (excludes halogenated alkanes) is 1. The highest BCUT2D eigenvalue weighted by Crippen LogP contribution is 2.02. The number of carbonyl (C=O) groups is 2. The minimum atomic E-state index is -0.981. The smallest absolute Gasteiger partial charge is 0.320 e. The van der Waals surface area contributed by atoms with Gasteiger partial charge >= 0.3 is 11.9 Å². The molecule has 0 saturated heterocycles. The Morgan fingerprint density at radius 3 is 1.97 bits per heavy atom. The predicted molar refractivity (Wildman–Crippen MR) is 112 cm³/mol. The second kappa shape index (κ2) is 19.9. The number of nitrogens with one attached hydrogen (secondary N) is 3. The van der Waals surface area contributed by atoms with E-state index in [4.69, 9.17) is 40.9 Å². The van der Waals surface area contributed by atoms with Crippen molar-refractivity contribution in [3.63, 3.8) is 0 Å². The largest absolute Gasteiger partial charge is 0.481 e. The summed E-state index contributed by atoms with van der Waals surface area (Å²) < 4.78 is 21.0. The van der Waals surface area contributed by atoms with Crippen molar-refractivity contribution in [1.82, 2.24) is 10.6 Å². The van der Waals surface area contributed by atoms with Crippen molar-refractivity contribution in [2.45, 2.75) is 37.9 Å². The third-order valence-electron chi connectivity index (χ3n) is 3.82. The molecule has 0 aromatic heterocycles. The number of aliphatic carboxylic acids is 2. The van der Waals surface area contributed by atoms with Crippen LogP contribution in [0.25, 0.3) is 0 Å². The van der Waals surface area contributed by atoms with Crippen LogP contribution < -0.4 is 22.1 Å². The van der Waals surface area contributed by atoms with Gasteiger partial charge in [-0.05, 0) is 19.3 Å². The van der Waals surface area contributed by atoms with Crippen LogP contribution in [-0.2, 0) is 28.5 Å². The van der Waals surface area contributed by atoms with Crippen LogP contribution in [0.4, 0.5) is 0 Å². The topological polar surface area (TPSA) is 211 Å². The van der Waals surface area contributed by atoms with E-state index in [2.05, 4.69) is 10.6 Å². The Morgan fingerprint density at radius 1 is 0.903 bits per heavy atom. The van der Waals surface area contributed by atoms with Crippen molar-refractivity contribution < 1.29 is 38.7 Å². The minimum absolute atomic E-state index is 0.0286. The molecule has 9 N–H and O–H groups in total. The molecule has 182 valence electrons. The fraction of sp³-hybridized carbons (Fsp3) is 0.833. The summed E-state index contributed by atoms with van der Waals surface area (Å²) in [5.41, 5.74) is 11.0. The lowest BCUT2D eigenvalue weighted by atomic mass is 10.1. The van der Waals surface area contributed by atoms with Gasteiger partial charge in [-0.1, -0.05) is 0 Å². The molecule has 31 heavy (non-hydrogen) atoms. The number of hydrogen-bond acceptors (Lipinski definition) is 9. The normalized spacial score (nSPS) is 12.9. The molecule has 0 heterocycles. The quantitative estimate of drug-likeness (QED) is 0.0434. The molecule has 0 aliphatic heterocycles. The number of carboxylic acid groups (broad SMARTS) is 2. The van der Waals surface area contributed by atoms with E-state index in [-0.39, 0.29) is 25.6 Å². The molecule has 0 aliphatic rings. The second-order valence-corrected chi connectivity index (χ2v) is 6.56. The van der Waals surface area contributed by atoms with E-state index in [1.165, 1.54) is 0 Å². The molecule has 0 aromatic rings. The first-order valence-electron chi connectivity index (χ1n) is 10.2. The fourth-order valence-corrected chi connectivity index (χ4v) is 2.31. The molecule has 0 amide bonds. The zero-order valence-corrected chi connectivity index (χ0v) is 17.8. The molecule has 0 rings (SSSR count). The molecule has 0 bridgehead atoms. The van der Waals surface area contributed by atoms with Gasteiger partial charge in [-0.25, -0.2) is 0 Å². The summed E-state index contributed by atoms with van der Waals surface area (Å²) in [5, 5.41) is 30.2. The molecule has 2 atom stereocenters. The Bertz CT molecular complexity index is 498. The van der Waals surface area contributed by atoms with Gasteiger partial charge in [0.25, 0.3) is 0 Å². The van der Waals surface area contributed by atoms with E-state index in [1.807, 2.05) is 0 Å². The van der Waals surface area contributed by atoms with Gasteiger partial charge < -0.3 is 45.9 Å². The van der Waals surface area contributed by atoms with Crippen LogP contribution in [0.1, 0.15) is 25.7 Å². The zero-order valence-electron chi connectivity index (χ0n) is 17.8. The van der Waals surface area contributed by atoms with Crippen molar-refractivity contribution in [2.75, 3.05) is 59.4 Å². The first kappa shape index (κ1) is 29.0. The maximum atomic E-state index is 11.3. The van der Waals surface area contributed by atoms with Gasteiger partial charge in [-0.2, -0.15) is 0 Å². The third kappa shape index (κ3) is 21.0. The fourth-order valence-electron chi connectivity index (χ4n) is 2.31. The lowest BCUT2D eigenvalue weighted by Gasteiger charge is -2.20. The summed E-state index contributed by atoms with van der Waals surface area (Å²) in [7, 11) is 0. The first-order chi connectivity index (χ1) is 14.8. The van der Waals surface area contributed by atoms with Crippen molar-refractivity contribution in [1.29, 1.82) is 5.41 Å². The molecule has 0 radical (unpaired) electrons. The van der Waals surface area contributed by atoms with Crippen LogP contribution in [0.15, 0.2) is 0 Å². The summed E-state index contributed by atoms with van der Waals surface area (Å²) in [4.78, 5) is 21.6. The van der Waals surface area contributed by atoms with Crippen molar-refractivity contribution >= 4 is 17.9 Å². The molecule has 1 unspecified atom stereocenters. The Labute approximate surface area is 182 Å². The van der Waals surface area contributed by atoms with Gasteiger partial charge in [0, 0.05) is 6.54 Å². The van der Waals surface area contributed by atoms with E-state index in [0.717, 1.165) is 0 Å². The zero-order chi connectivity index (χ0) is 23.3. The van der Waals surface area contributed by atoms with Crippen LogP contribution in [0, 0.1) is 5.41 Å². The minimum Gasteiger partial charge on any atom is -0.481 e. The Morgan fingerprint density at radius 2 is 1.45 bits per heavy atom. The molecule has 13 heteroatoms. The number of ether oxygens (including phenoxy) is 4. The van der Waals surface area contributed by atoms with Crippen LogP contribution >= 0.6 is 0 Å². The van der Waals surface area contributed by atoms with E-state index in [1.54, 1.807) is 0 Å². The number of guanidine groups is 1. The van der Waals surface area contributed by atoms with Crippen molar-refractivity contribution in [3.8, 4) is 0 Å². The lowest BCUT2D eigenvalue weighted by Crippen LogP contribution is -2.50.